The fourth-order valence-electron chi connectivity index (χ4n) is 2.55. The predicted molar refractivity (Wildman–Crippen MR) is 102 cm³/mol. The summed E-state index contributed by atoms with van der Waals surface area (Å²) < 4.78 is 11.0. The van der Waals surface area contributed by atoms with Crippen molar-refractivity contribution in [2.24, 2.45) is 0 Å². The molecule has 0 atom stereocenters. The van der Waals surface area contributed by atoms with Crippen molar-refractivity contribution in [2.75, 3.05) is 12.4 Å². The third-order valence-electron chi connectivity index (χ3n) is 3.90. The summed E-state index contributed by atoms with van der Waals surface area (Å²) >= 11 is 0. The maximum absolute atomic E-state index is 5.62. The molecule has 0 aliphatic carbocycles. The number of nitrogens with zero attached hydrogens (tertiary/aromatic N) is 4. The normalized spacial score (nSPS) is 10.6. The second kappa shape index (κ2) is 7.25. The van der Waals surface area contributed by atoms with Crippen molar-refractivity contribution < 1.29 is 9.15 Å². The second-order valence-electron chi connectivity index (χ2n) is 5.79. The lowest BCUT2D eigenvalue weighted by Gasteiger charge is -2.10. The highest BCUT2D eigenvalue weighted by atomic mass is 16.5. The lowest BCUT2D eigenvalue weighted by atomic mass is 10.2. The molecule has 0 aromatic carbocycles. The summed E-state index contributed by atoms with van der Waals surface area (Å²) in [7, 11) is 1.57. The number of aryl methyl sites for hydroxylation is 1. The van der Waals surface area contributed by atoms with E-state index in [0.717, 1.165) is 17.1 Å². The molecule has 7 nitrogen and oxygen atoms in total. The number of ether oxygens (including phenoxy) is 1. The van der Waals surface area contributed by atoms with E-state index in [2.05, 4.69) is 25.3 Å². The summed E-state index contributed by atoms with van der Waals surface area (Å²) in [6.45, 7) is 1.91. The Morgan fingerprint density at radius 1 is 0.963 bits per heavy atom. The van der Waals surface area contributed by atoms with Crippen LogP contribution in [0.5, 0.6) is 5.75 Å². The van der Waals surface area contributed by atoms with Crippen LogP contribution in [0.4, 0.5) is 11.6 Å². The van der Waals surface area contributed by atoms with Gasteiger partial charge in [0.05, 0.1) is 13.3 Å². The van der Waals surface area contributed by atoms with E-state index in [0.29, 0.717) is 28.9 Å². The topological polar surface area (TPSA) is 86.0 Å². The largest absolute Gasteiger partial charge is 0.491 e. The van der Waals surface area contributed by atoms with E-state index in [9.17, 15) is 0 Å². The van der Waals surface area contributed by atoms with Gasteiger partial charge in [0, 0.05) is 18.0 Å². The minimum atomic E-state index is 0.501. The predicted octanol–water partition coefficient (Wildman–Crippen LogP) is 4.25. The average molecular weight is 359 g/mol. The Labute approximate surface area is 156 Å². The van der Waals surface area contributed by atoms with Gasteiger partial charge in [0.25, 0.3) is 0 Å². The van der Waals surface area contributed by atoms with Gasteiger partial charge in [0.15, 0.2) is 17.4 Å². The number of hydrogen-bond donors (Lipinski definition) is 1. The minimum absolute atomic E-state index is 0.501. The second-order valence-corrected chi connectivity index (χ2v) is 5.79. The highest BCUT2D eigenvalue weighted by molar-refractivity contribution is 5.65. The molecule has 0 unspecified atom stereocenters. The zero-order valence-corrected chi connectivity index (χ0v) is 14.9. The van der Waals surface area contributed by atoms with Crippen molar-refractivity contribution in [1.29, 1.82) is 0 Å². The van der Waals surface area contributed by atoms with Crippen LogP contribution in [0.1, 0.15) is 5.76 Å². The lowest BCUT2D eigenvalue weighted by Crippen LogP contribution is -2.02. The Morgan fingerprint density at radius 3 is 2.56 bits per heavy atom. The molecule has 4 aromatic heterocycles. The monoisotopic (exact) mass is 359 g/mol. The molecule has 0 aliphatic heterocycles. The lowest BCUT2D eigenvalue weighted by molar-refractivity contribution is 0.413. The first-order valence-electron chi connectivity index (χ1n) is 8.35. The van der Waals surface area contributed by atoms with E-state index < -0.39 is 0 Å². The summed E-state index contributed by atoms with van der Waals surface area (Å²) in [6, 6.07) is 13.2. The number of nitrogens with one attached hydrogen (secondary N) is 1. The Balaban J connectivity index is 1.61. The molecule has 0 aliphatic rings. The van der Waals surface area contributed by atoms with Crippen LogP contribution < -0.4 is 10.1 Å². The SMILES string of the molecule is COc1cnc(-c2ccccn2)nc1Nc1ccc(-c2ccc(C)o2)cn1. The van der Waals surface area contributed by atoms with Gasteiger partial charge in [-0.25, -0.2) is 15.0 Å². The number of aromatic nitrogens is 4. The van der Waals surface area contributed by atoms with Gasteiger partial charge in [-0.05, 0) is 43.3 Å². The molecule has 0 bridgehead atoms. The van der Waals surface area contributed by atoms with E-state index in [1.807, 2.05) is 49.4 Å². The van der Waals surface area contributed by atoms with Gasteiger partial charge in [-0.1, -0.05) is 6.07 Å². The zero-order chi connectivity index (χ0) is 18.6. The van der Waals surface area contributed by atoms with Gasteiger partial charge in [-0.2, -0.15) is 0 Å². The summed E-state index contributed by atoms with van der Waals surface area (Å²) in [6.07, 6.45) is 5.06. The van der Waals surface area contributed by atoms with Crippen LogP contribution in [0.15, 0.2) is 65.5 Å². The minimum Gasteiger partial charge on any atom is -0.491 e. The van der Waals surface area contributed by atoms with E-state index in [1.165, 1.54) is 0 Å². The van der Waals surface area contributed by atoms with Crippen molar-refractivity contribution in [2.45, 2.75) is 6.92 Å². The highest BCUT2D eigenvalue weighted by Gasteiger charge is 2.11. The Bertz CT molecular complexity index is 1050. The fraction of sp³-hybridized carbons (Fsp3) is 0.100. The molecule has 4 aromatic rings. The average Bonchev–Trinajstić information content (AvgIpc) is 3.15. The quantitative estimate of drug-likeness (QED) is 0.570. The van der Waals surface area contributed by atoms with Crippen molar-refractivity contribution >= 4 is 11.6 Å². The molecular weight excluding hydrogens is 342 g/mol. The molecule has 4 heterocycles. The number of rotatable bonds is 5. The van der Waals surface area contributed by atoms with Crippen LogP contribution in [0, 0.1) is 6.92 Å². The Kier molecular flexibility index (Phi) is 4.49. The van der Waals surface area contributed by atoms with Gasteiger partial charge in [-0.15, -0.1) is 0 Å². The van der Waals surface area contributed by atoms with Gasteiger partial charge in [-0.3, -0.25) is 4.98 Å². The van der Waals surface area contributed by atoms with Crippen LogP contribution in [0.2, 0.25) is 0 Å². The first kappa shape index (κ1) is 16.7. The molecule has 0 amide bonds. The van der Waals surface area contributed by atoms with Crippen LogP contribution in [-0.4, -0.2) is 27.0 Å². The van der Waals surface area contributed by atoms with Crippen LogP contribution in [0.3, 0.4) is 0 Å². The number of anilines is 2. The summed E-state index contributed by atoms with van der Waals surface area (Å²) in [5.74, 6) is 3.81. The molecule has 27 heavy (non-hydrogen) atoms. The molecule has 0 saturated heterocycles. The Morgan fingerprint density at radius 2 is 1.89 bits per heavy atom. The standard InChI is InChI=1S/C20H17N5O2/c1-13-6-8-16(27-13)14-7-9-18(22-11-14)24-20-17(26-2)12-23-19(25-20)15-5-3-4-10-21-15/h3-12H,1-2H3,(H,22,23,24,25). The first-order chi connectivity index (χ1) is 13.2. The summed E-state index contributed by atoms with van der Waals surface area (Å²) in [5.41, 5.74) is 1.58. The summed E-state index contributed by atoms with van der Waals surface area (Å²) in [5, 5.41) is 3.17. The molecule has 0 spiro atoms. The van der Waals surface area contributed by atoms with E-state index in [4.69, 9.17) is 9.15 Å². The number of methoxy groups -OCH3 is 1. The van der Waals surface area contributed by atoms with Crippen molar-refractivity contribution in [3.05, 3.63) is 66.8 Å². The number of furan rings is 1. The highest BCUT2D eigenvalue weighted by Crippen LogP contribution is 2.27. The van der Waals surface area contributed by atoms with Gasteiger partial charge in [0.2, 0.25) is 0 Å². The molecule has 0 saturated carbocycles. The summed E-state index contributed by atoms with van der Waals surface area (Å²) in [4.78, 5) is 17.5. The molecular formula is C20H17N5O2. The van der Waals surface area contributed by atoms with Crippen molar-refractivity contribution in [1.82, 2.24) is 19.9 Å². The van der Waals surface area contributed by atoms with Crippen LogP contribution in [0.25, 0.3) is 22.8 Å². The van der Waals surface area contributed by atoms with E-state index in [1.54, 1.807) is 25.7 Å². The fourth-order valence-corrected chi connectivity index (χ4v) is 2.55. The maximum Gasteiger partial charge on any atom is 0.180 e. The van der Waals surface area contributed by atoms with Gasteiger partial charge in [0.1, 0.15) is 23.0 Å². The zero-order valence-electron chi connectivity index (χ0n) is 14.9. The van der Waals surface area contributed by atoms with E-state index >= 15 is 0 Å². The maximum atomic E-state index is 5.62. The third-order valence-corrected chi connectivity index (χ3v) is 3.90. The molecule has 134 valence electrons. The number of pyridine rings is 2. The first-order valence-corrected chi connectivity index (χ1v) is 8.35. The van der Waals surface area contributed by atoms with Crippen molar-refractivity contribution in [3.8, 4) is 28.6 Å². The molecule has 0 fully saturated rings. The third kappa shape index (κ3) is 3.62. The number of hydrogen-bond acceptors (Lipinski definition) is 7. The van der Waals surface area contributed by atoms with Gasteiger partial charge < -0.3 is 14.5 Å². The molecule has 4 rings (SSSR count). The van der Waals surface area contributed by atoms with E-state index in [-0.39, 0.29) is 0 Å². The molecule has 0 radical (unpaired) electrons. The van der Waals surface area contributed by atoms with Crippen molar-refractivity contribution in [3.63, 3.8) is 0 Å². The van der Waals surface area contributed by atoms with Crippen LogP contribution in [-0.2, 0) is 0 Å². The molecule has 1 N–H and O–H groups in total. The van der Waals surface area contributed by atoms with Gasteiger partial charge >= 0.3 is 0 Å². The smallest absolute Gasteiger partial charge is 0.180 e. The molecule has 7 heteroatoms. The van der Waals surface area contributed by atoms with Crippen LogP contribution >= 0.6 is 0 Å². The Hall–Kier alpha value is -3.74.